The molecule has 8 heteroatoms. The molecule has 3 rings (SSSR count). The molecule has 0 saturated heterocycles. The standard InChI is InChI=1S/C16H25NO2.C14H11F2NO2/c1-4-13(5-2)10-11-17-12-16(18)14-6-8-15(19-3)9-7-14;15-11-5-1-3-9(7-11)13(19-14(17)18)10-4-2-6-12(16)8-10/h6-9,13,17H,4-5,10-12H2,1-3H3;1-8,13H,(H2,17,18)/p+1. The van der Waals surface area contributed by atoms with Crippen LogP contribution in [0.25, 0.3) is 0 Å². The molecule has 0 heterocycles. The minimum atomic E-state index is -1.02. The van der Waals surface area contributed by atoms with E-state index in [-0.39, 0.29) is 5.78 Å². The van der Waals surface area contributed by atoms with E-state index < -0.39 is 23.8 Å². The highest BCUT2D eigenvalue weighted by atomic mass is 19.1. The van der Waals surface area contributed by atoms with Gasteiger partial charge in [-0.2, -0.15) is 0 Å². The van der Waals surface area contributed by atoms with Gasteiger partial charge in [0.25, 0.3) is 0 Å². The number of hydrogen-bond acceptors (Lipinski definition) is 4. The fourth-order valence-electron chi connectivity index (χ4n) is 3.96. The molecule has 0 aromatic heterocycles. The minimum Gasteiger partial charge on any atom is -0.497 e. The van der Waals surface area contributed by atoms with Gasteiger partial charge in [-0.3, -0.25) is 4.79 Å². The molecule has 6 nitrogen and oxygen atoms in total. The molecular formula is C30H37F2N2O4+. The fraction of sp³-hybridized carbons (Fsp3) is 0.333. The van der Waals surface area contributed by atoms with Crippen LogP contribution < -0.4 is 15.8 Å². The second kappa shape index (κ2) is 16.1. The second-order valence-electron chi connectivity index (χ2n) is 8.83. The molecule has 204 valence electrons. The molecule has 0 spiro atoms. The summed E-state index contributed by atoms with van der Waals surface area (Å²) < 4.78 is 36.4. The lowest BCUT2D eigenvalue weighted by atomic mass is 10.00. The highest BCUT2D eigenvalue weighted by Crippen LogP contribution is 2.27. The van der Waals surface area contributed by atoms with E-state index in [1.165, 1.54) is 55.7 Å². The first-order valence-electron chi connectivity index (χ1n) is 12.7. The summed E-state index contributed by atoms with van der Waals surface area (Å²) in [7, 11) is 1.63. The fourth-order valence-corrected chi connectivity index (χ4v) is 3.96. The SMILES string of the molecule is CCC(CC)CC[NH2+]CC(=O)c1ccc(OC)cc1.NC(=O)OC(c1cccc(F)c1)c1cccc(F)c1. The maximum Gasteiger partial charge on any atom is 0.405 e. The molecule has 3 aromatic carbocycles. The number of nitrogens with two attached hydrogens (primary N) is 2. The van der Waals surface area contributed by atoms with Crippen LogP contribution in [0.5, 0.6) is 5.75 Å². The molecule has 1 amide bonds. The van der Waals surface area contributed by atoms with Crippen molar-refractivity contribution in [2.45, 2.75) is 39.2 Å². The van der Waals surface area contributed by atoms with Gasteiger partial charge in [0.2, 0.25) is 5.78 Å². The van der Waals surface area contributed by atoms with Gasteiger partial charge >= 0.3 is 6.09 Å². The second-order valence-corrected chi connectivity index (χ2v) is 8.83. The number of hydrogen-bond donors (Lipinski definition) is 2. The Kier molecular flexibility index (Phi) is 12.9. The van der Waals surface area contributed by atoms with Gasteiger partial charge in [-0.25, -0.2) is 13.6 Å². The van der Waals surface area contributed by atoms with Gasteiger partial charge < -0.3 is 20.5 Å². The predicted octanol–water partition coefficient (Wildman–Crippen LogP) is 5.42. The third kappa shape index (κ3) is 10.3. The summed E-state index contributed by atoms with van der Waals surface area (Å²) in [5.74, 6) is 0.813. The van der Waals surface area contributed by atoms with Crippen molar-refractivity contribution in [1.82, 2.24) is 0 Å². The largest absolute Gasteiger partial charge is 0.497 e. The molecule has 0 radical (unpaired) electrons. The first-order chi connectivity index (χ1) is 18.3. The molecule has 3 aromatic rings. The van der Waals surface area contributed by atoms with Crippen molar-refractivity contribution in [1.29, 1.82) is 0 Å². The summed E-state index contributed by atoms with van der Waals surface area (Å²) in [4.78, 5) is 22.9. The highest BCUT2D eigenvalue weighted by Gasteiger charge is 2.19. The summed E-state index contributed by atoms with van der Waals surface area (Å²) in [6.45, 7) is 6.04. The molecule has 0 atom stereocenters. The average Bonchev–Trinajstić information content (AvgIpc) is 2.92. The van der Waals surface area contributed by atoms with Crippen LogP contribution in [0.15, 0.2) is 72.8 Å². The number of primary amides is 1. The van der Waals surface area contributed by atoms with Crippen LogP contribution in [0.1, 0.15) is 60.7 Å². The van der Waals surface area contributed by atoms with Gasteiger partial charge in [0.05, 0.1) is 13.7 Å². The molecule has 0 saturated carbocycles. The topological polar surface area (TPSA) is 95.2 Å². The van der Waals surface area contributed by atoms with Crippen molar-refractivity contribution in [3.05, 3.63) is 101 Å². The zero-order valence-electron chi connectivity index (χ0n) is 22.2. The third-order valence-electron chi connectivity index (χ3n) is 6.21. The normalized spacial score (nSPS) is 10.6. The van der Waals surface area contributed by atoms with Crippen LogP contribution in [-0.4, -0.2) is 32.1 Å². The van der Waals surface area contributed by atoms with Crippen molar-refractivity contribution in [2.24, 2.45) is 11.7 Å². The number of rotatable bonds is 12. The predicted molar refractivity (Wildman–Crippen MR) is 143 cm³/mol. The number of Topliss-reactive ketones (excluding diaryl/α,β-unsaturated/α-hetero) is 1. The Bertz CT molecular complexity index is 1110. The molecule has 0 aliphatic heterocycles. The van der Waals surface area contributed by atoms with Crippen LogP contribution >= 0.6 is 0 Å². The Balaban J connectivity index is 0.000000267. The number of methoxy groups -OCH3 is 1. The summed E-state index contributed by atoms with van der Waals surface area (Å²) >= 11 is 0. The maximum atomic E-state index is 13.2. The highest BCUT2D eigenvalue weighted by molar-refractivity contribution is 5.96. The Morgan fingerprint density at radius 2 is 1.45 bits per heavy atom. The van der Waals surface area contributed by atoms with Crippen LogP contribution in [-0.2, 0) is 4.74 Å². The molecule has 0 unspecified atom stereocenters. The van der Waals surface area contributed by atoms with Gasteiger partial charge in [-0.1, -0.05) is 51.0 Å². The number of amides is 1. The lowest BCUT2D eigenvalue weighted by Gasteiger charge is -2.17. The number of carbonyl (C=O) groups is 2. The number of benzene rings is 3. The van der Waals surface area contributed by atoms with E-state index in [1.54, 1.807) is 19.2 Å². The quantitative estimate of drug-likeness (QED) is 0.243. The number of ketones is 1. The molecule has 0 aliphatic carbocycles. The Hall–Kier alpha value is -3.78. The van der Waals surface area contributed by atoms with Crippen molar-refractivity contribution in [3.63, 3.8) is 0 Å². The summed E-state index contributed by atoms with van der Waals surface area (Å²) in [6.07, 6.45) is 1.71. The van der Waals surface area contributed by atoms with E-state index in [0.29, 0.717) is 17.7 Å². The molecular weight excluding hydrogens is 490 g/mol. The summed E-state index contributed by atoms with van der Waals surface area (Å²) in [5.41, 5.74) is 6.52. The lowest BCUT2D eigenvalue weighted by Crippen LogP contribution is -2.86. The van der Waals surface area contributed by atoms with Gasteiger partial charge in [-0.15, -0.1) is 0 Å². The van der Waals surface area contributed by atoms with E-state index >= 15 is 0 Å². The molecule has 38 heavy (non-hydrogen) atoms. The summed E-state index contributed by atoms with van der Waals surface area (Å²) in [5, 5.41) is 2.12. The first-order valence-corrected chi connectivity index (χ1v) is 12.7. The first kappa shape index (κ1) is 30.4. The smallest absolute Gasteiger partial charge is 0.405 e. The van der Waals surface area contributed by atoms with Crippen molar-refractivity contribution < 1.29 is 33.2 Å². The zero-order chi connectivity index (χ0) is 27.9. The van der Waals surface area contributed by atoms with Crippen molar-refractivity contribution in [3.8, 4) is 5.75 Å². The van der Waals surface area contributed by atoms with E-state index in [1.807, 2.05) is 24.3 Å². The van der Waals surface area contributed by atoms with Crippen molar-refractivity contribution in [2.75, 3.05) is 20.2 Å². The van der Waals surface area contributed by atoms with E-state index in [0.717, 1.165) is 23.8 Å². The lowest BCUT2D eigenvalue weighted by molar-refractivity contribution is -0.643. The van der Waals surface area contributed by atoms with E-state index in [2.05, 4.69) is 19.2 Å². The Morgan fingerprint density at radius 3 is 1.89 bits per heavy atom. The number of quaternary nitrogens is 1. The maximum absolute atomic E-state index is 13.2. The van der Waals surface area contributed by atoms with Gasteiger partial charge in [0.1, 0.15) is 23.9 Å². The monoisotopic (exact) mass is 527 g/mol. The Morgan fingerprint density at radius 1 is 0.895 bits per heavy atom. The van der Waals surface area contributed by atoms with Gasteiger partial charge in [0.15, 0.2) is 6.10 Å². The van der Waals surface area contributed by atoms with Crippen LogP contribution in [0, 0.1) is 17.6 Å². The van der Waals surface area contributed by atoms with Crippen LogP contribution in [0.4, 0.5) is 13.6 Å². The molecule has 0 bridgehead atoms. The van der Waals surface area contributed by atoms with E-state index in [4.69, 9.17) is 15.2 Å². The molecule has 0 aliphatic rings. The van der Waals surface area contributed by atoms with Crippen LogP contribution in [0.3, 0.4) is 0 Å². The number of halogens is 2. The minimum absolute atomic E-state index is 0.187. The average molecular weight is 528 g/mol. The molecule has 4 N–H and O–H groups in total. The number of carbonyl (C=O) groups excluding carboxylic acids is 2. The van der Waals surface area contributed by atoms with Gasteiger partial charge in [-0.05, 0) is 72.0 Å². The summed E-state index contributed by atoms with van der Waals surface area (Å²) in [6, 6.07) is 18.3. The van der Waals surface area contributed by atoms with Crippen molar-refractivity contribution >= 4 is 11.9 Å². The third-order valence-corrected chi connectivity index (χ3v) is 6.21. The number of ether oxygens (including phenoxy) is 2. The van der Waals surface area contributed by atoms with E-state index in [9.17, 15) is 18.4 Å². The van der Waals surface area contributed by atoms with Gasteiger partial charge in [0, 0.05) is 5.56 Å². The molecule has 0 fully saturated rings. The Labute approximate surface area is 223 Å². The van der Waals surface area contributed by atoms with Crippen LogP contribution in [0.2, 0.25) is 0 Å². The zero-order valence-corrected chi connectivity index (χ0v) is 22.2.